The van der Waals surface area contributed by atoms with E-state index in [9.17, 15) is 14.4 Å². The van der Waals surface area contributed by atoms with Crippen LogP contribution in [0.3, 0.4) is 0 Å². The highest BCUT2D eigenvalue weighted by Gasteiger charge is 2.39. The molecule has 8 heteroatoms. The lowest BCUT2D eigenvalue weighted by Gasteiger charge is -2.16. The maximum absolute atomic E-state index is 12.8. The molecule has 29 heavy (non-hydrogen) atoms. The number of imide groups is 1. The predicted molar refractivity (Wildman–Crippen MR) is 112 cm³/mol. The summed E-state index contributed by atoms with van der Waals surface area (Å²) in [6.45, 7) is 5.35. The molecule has 2 amide bonds. The Morgan fingerprint density at radius 3 is 2.28 bits per heavy atom. The number of hydrogen-bond donors (Lipinski definition) is 1. The molecule has 2 aromatic carbocycles. The second-order valence-corrected chi connectivity index (χ2v) is 7.51. The van der Waals surface area contributed by atoms with Gasteiger partial charge in [0.2, 0.25) is 0 Å². The van der Waals surface area contributed by atoms with Gasteiger partial charge in [-0.05, 0) is 62.7 Å². The Hall–Kier alpha value is -2.83. The maximum atomic E-state index is 12.8. The minimum absolute atomic E-state index is 0.0418. The Bertz CT molecular complexity index is 1030. The minimum atomic E-state index is -0.658. The molecule has 0 unspecified atom stereocenters. The lowest BCUT2D eigenvalue weighted by Crippen LogP contribution is -2.32. The highest BCUT2D eigenvalue weighted by atomic mass is 35.5. The van der Waals surface area contributed by atoms with Gasteiger partial charge in [0.05, 0.1) is 17.4 Å². The number of benzene rings is 2. The monoisotopic (exact) mass is 432 g/mol. The highest BCUT2D eigenvalue weighted by Crippen LogP contribution is 2.31. The summed E-state index contributed by atoms with van der Waals surface area (Å²) in [6.07, 6.45) is -0.254. The average molecular weight is 433 g/mol. The molecule has 2 aromatic rings. The zero-order valence-electron chi connectivity index (χ0n) is 16.0. The van der Waals surface area contributed by atoms with Crippen molar-refractivity contribution in [3.63, 3.8) is 0 Å². The zero-order valence-corrected chi connectivity index (χ0v) is 17.5. The maximum Gasteiger partial charge on any atom is 0.338 e. The molecule has 0 aromatic heterocycles. The molecule has 1 N–H and O–H groups in total. The van der Waals surface area contributed by atoms with Crippen molar-refractivity contribution in [1.82, 2.24) is 0 Å². The average Bonchev–Trinajstić information content (AvgIpc) is 2.87. The van der Waals surface area contributed by atoms with Gasteiger partial charge < -0.3 is 10.1 Å². The number of halogens is 2. The topological polar surface area (TPSA) is 75.7 Å². The van der Waals surface area contributed by atoms with E-state index < -0.39 is 17.8 Å². The molecular weight excluding hydrogens is 415 g/mol. The van der Waals surface area contributed by atoms with Gasteiger partial charge in [0, 0.05) is 10.7 Å². The van der Waals surface area contributed by atoms with Crippen molar-refractivity contribution in [1.29, 1.82) is 0 Å². The van der Waals surface area contributed by atoms with E-state index in [2.05, 4.69) is 5.32 Å². The van der Waals surface area contributed by atoms with Crippen LogP contribution in [0, 0.1) is 6.92 Å². The SMILES string of the molecule is Cc1ccc(NC2=C(Cl)C(=O)N(c3ccc(C(=O)OC(C)C)cc3)C2=O)cc1Cl. The Labute approximate surface area is 178 Å². The summed E-state index contributed by atoms with van der Waals surface area (Å²) in [5.74, 6) is -1.75. The Kier molecular flexibility index (Phi) is 5.96. The molecule has 1 aliphatic rings. The second-order valence-electron chi connectivity index (χ2n) is 6.72. The quantitative estimate of drug-likeness (QED) is 0.549. The van der Waals surface area contributed by atoms with Crippen molar-refractivity contribution in [2.24, 2.45) is 0 Å². The van der Waals surface area contributed by atoms with Crippen LogP contribution in [0.15, 0.2) is 53.2 Å². The fourth-order valence-corrected chi connectivity index (χ4v) is 3.08. The summed E-state index contributed by atoms with van der Waals surface area (Å²) in [5.41, 5.74) is 1.97. The molecule has 3 rings (SSSR count). The molecule has 0 aliphatic carbocycles. The van der Waals surface area contributed by atoms with Crippen molar-refractivity contribution < 1.29 is 19.1 Å². The summed E-state index contributed by atoms with van der Waals surface area (Å²) in [5, 5.41) is 3.16. The smallest absolute Gasteiger partial charge is 0.338 e. The number of nitrogens with zero attached hydrogens (tertiary/aromatic N) is 1. The van der Waals surface area contributed by atoms with Gasteiger partial charge in [-0.2, -0.15) is 0 Å². The van der Waals surface area contributed by atoms with Gasteiger partial charge in [-0.1, -0.05) is 29.3 Å². The first-order chi connectivity index (χ1) is 13.7. The van der Waals surface area contributed by atoms with E-state index in [4.69, 9.17) is 27.9 Å². The van der Waals surface area contributed by atoms with Crippen LogP contribution in [0.25, 0.3) is 0 Å². The lowest BCUT2D eigenvalue weighted by atomic mass is 10.2. The Morgan fingerprint density at radius 1 is 1.03 bits per heavy atom. The van der Waals surface area contributed by atoms with Crippen LogP contribution in [0.1, 0.15) is 29.8 Å². The van der Waals surface area contributed by atoms with Crippen molar-refractivity contribution >= 4 is 52.4 Å². The zero-order chi connectivity index (χ0) is 21.3. The van der Waals surface area contributed by atoms with E-state index in [0.717, 1.165) is 10.5 Å². The van der Waals surface area contributed by atoms with E-state index in [0.29, 0.717) is 16.3 Å². The molecule has 6 nitrogen and oxygen atoms in total. The number of nitrogens with one attached hydrogen (secondary N) is 1. The van der Waals surface area contributed by atoms with Gasteiger partial charge in [0.25, 0.3) is 11.8 Å². The first-order valence-electron chi connectivity index (χ1n) is 8.82. The molecule has 0 bridgehead atoms. The number of rotatable bonds is 5. The number of aryl methyl sites for hydroxylation is 1. The molecule has 1 aliphatic heterocycles. The lowest BCUT2D eigenvalue weighted by molar-refractivity contribution is -0.120. The predicted octanol–water partition coefficient (Wildman–Crippen LogP) is 4.65. The normalized spacial score (nSPS) is 14.1. The minimum Gasteiger partial charge on any atom is -0.459 e. The van der Waals surface area contributed by atoms with E-state index in [-0.39, 0.29) is 22.5 Å². The third-order valence-electron chi connectivity index (χ3n) is 4.17. The van der Waals surface area contributed by atoms with E-state index in [1.165, 1.54) is 24.3 Å². The van der Waals surface area contributed by atoms with Crippen molar-refractivity contribution in [3.8, 4) is 0 Å². The van der Waals surface area contributed by atoms with Gasteiger partial charge >= 0.3 is 5.97 Å². The number of carbonyl (C=O) groups is 3. The van der Waals surface area contributed by atoms with Gasteiger partial charge in [-0.3, -0.25) is 9.59 Å². The molecule has 0 saturated carbocycles. The van der Waals surface area contributed by atoms with Gasteiger partial charge in [-0.25, -0.2) is 9.69 Å². The molecule has 1 heterocycles. The van der Waals surface area contributed by atoms with Crippen LogP contribution >= 0.6 is 23.2 Å². The standard InChI is InChI=1S/C21H18Cl2N2O4/c1-11(2)29-21(28)13-5-8-15(9-6-13)25-19(26)17(23)18(20(25)27)24-14-7-4-12(3)16(22)10-14/h4-11,24H,1-3H3. The Balaban J connectivity index is 1.82. The van der Waals surface area contributed by atoms with Crippen LogP contribution in [-0.4, -0.2) is 23.9 Å². The molecular formula is C21H18Cl2N2O4. The third kappa shape index (κ3) is 4.28. The number of anilines is 2. The van der Waals surface area contributed by atoms with E-state index >= 15 is 0 Å². The first-order valence-corrected chi connectivity index (χ1v) is 9.57. The third-order valence-corrected chi connectivity index (χ3v) is 4.93. The molecule has 0 saturated heterocycles. The second kappa shape index (κ2) is 8.27. The van der Waals surface area contributed by atoms with Crippen LogP contribution in [0.2, 0.25) is 5.02 Å². The summed E-state index contributed by atoms with van der Waals surface area (Å²) < 4.78 is 5.13. The van der Waals surface area contributed by atoms with Crippen LogP contribution in [0.4, 0.5) is 11.4 Å². The molecule has 0 atom stereocenters. The summed E-state index contributed by atoms with van der Waals surface area (Å²) in [4.78, 5) is 38.3. The molecule has 0 radical (unpaired) electrons. The van der Waals surface area contributed by atoms with Crippen LogP contribution in [0.5, 0.6) is 0 Å². The molecule has 0 spiro atoms. The van der Waals surface area contributed by atoms with Crippen molar-refractivity contribution in [2.75, 3.05) is 10.2 Å². The summed E-state index contributed by atoms with van der Waals surface area (Å²) in [7, 11) is 0. The number of esters is 1. The number of carbonyl (C=O) groups excluding carboxylic acids is 3. The highest BCUT2D eigenvalue weighted by molar-refractivity contribution is 6.53. The Morgan fingerprint density at radius 2 is 1.69 bits per heavy atom. The number of hydrogen-bond acceptors (Lipinski definition) is 5. The van der Waals surface area contributed by atoms with Crippen molar-refractivity contribution in [3.05, 3.63) is 69.3 Å². The number of ether oxygens (including phenoxy) is 1. The van der Waals surface area contributed by atoms with Gasteiger partial charge in [0.1, 0.15) is 10.7 Å². The van der Waals surface area contributed by atoms with E-state index in [1.54, 1.807) is 32.0 Å². The van der Waals surface area contributed by atoms with Crippen LogP contribution < -0.4 is 10.2 Å². The van der Waals surface area contributed by atoms with Crippen molar-refractivity contribution in [2.45, 2.75) is 26.9 Å². The molecule has 150 valence electrons. The summed E-state index contributed by atoms with van der Waals surface area (Å²) in [6, 6.07) is 11.1. The first kappa shape index (κ1) is 20.9. The fraction of sp³-hybridized carbons (Fsp3) is 0.190. The van der Waals surface area contributed by atoms with Crippen LogP contribution in [-0.2, 0) is 14.3 Å². The van der Waals surface area contributed by atoms with E-state index in [1.807, 2.05) is 6.92 Å². The fourth-order valence-electron chi connectivity index (χ4n) is 2.69. The largest absolute Gasteiger partial charge is 0.459 e. The summed E-state index contributed by atoms with van der Waals surface area (Å²) >= 11 is 12.2. The van der Waals surface area contributed by atoms with Gasteiger partial charge in [-0.15, -0.1) is 0 Å². The van der Waals surface area contributed by atoms with Gasteiger partial charge in [0.15, 0.2) is 0 Å². The molecule has 0 fully saturated rings. The number of amides is 2.